The molecule has 154 valence electrons. The molecule has 0 amide bonds. The third-order valence-electron chi connectivity index (χ3n) is 5.38. The zero-order valence-corrected chi connectivity index (χ0v) is 16.9. The first-order chi connectivity index (χ1) is 14.7. The third-order valence-corrected chi connectivity index (χ3v) is 5.38. The lowest BCUT2D eigenvalue weighted by molar-refractivity contribution is 0.392. The van der Waals surface area contributed by atoms with Gasteiger partial charge in [0.25, 0.3) is 0 Å². The number of methoxy groups -OCH3 is 1. The summed E-state index contributed by atoms with van der Waals surface area (Å²) in [5.41, 5.74) is 2.26. The Morgan fingerprint density at radius 1 is 1.27 bits per heavy atom. The van der Waals surface area contributed by atoms with E-state index in [1.807, 2.05) is 36.4 Å². The molecule has 1 unspecified atom stereocenters. The lowest BCUT2D eigenvalue weighted by Crippen LogP contribution is -2.33. The summed E-state index contributed by atoms with van der Waals surface area (Å²) in [5.74, 6) is 1.50. The Kier molecular flexibility index (Phi) is 5.96. The van der Waals surface area contributed by atoms with E-state index in [1.54, 1.807) is 17.9 Å². The minimum atomic E-state index is -0.541. The van der Waals surface area contributed by atoms with Crippen molar-refractivity contribution in [2.75, 3.05) is 32.1 Å². The molecule has 7 heteroatoms. The van der Waals surface area contributed by atoms with Gasteiger partial charge in [-0.25, -0.2) is 9.07 Å². The Hall–Kier alpha value is -3.37. The van der Waals surface area contributed by atoms with E-state index in [1.165, 1.54) is 25.0 Å². The maximum Gasteiger partial charge on any atom is 0.149 e. The van der Waals surface area contributed by atoms with Crippen LogP contribution in [0.2, 0.25) is 0 Å². The lowest BCUT2D eigenvalue weighted by Gasteiger charge is -2.22. The Bertz CT molecular complexity index is 1050. The minimum Gasteiger partial charge on any atom is -0.497 e. The summed E-state index contributed by atoms with van der Waals surface area (Å²) in [6, 6.07) is 15.9. The van der Waals surface area contributed by atoms with Gasteiger partial charge in [0.15, 0.2) is 0 Å². The van der Waals surface area contributed by atoms with Crippen molar-refractivity contribution < 1.29 is 9.13 Å². The molecule has 1 saturated heterocycles. The number of halogens is 1. The van der Waals surface area contributed by atoms with Crippen LogP contribution in [-0.2, 0) is 0 Å². The fourth-order valence-electron chi connectivity index (χ4n) is 3.71. The third kappa shape index (κ3) is 4.29. The average molecular weight is 405 g/mol. The molecule has 2 heterocycles. The van der Waals surface area contributed by atoms with E-state index in [9.17, 15) is 4.39 Å². The molecule has 0 radical (unpaired) electrons. The second-order valence-electron chi connectivity index (χ2n) is 7.42. The minimum absolute atomic E-state index is 0.0254. The van der Waals surface area contributed by atoms with Crippen LogP contribution in [0.4, 0.5) is 10.2 Å². The van der Waals surface area contributed by atoms with Gasteiger partial charge in [0, 0.05) is 18.2 Å². The van der Waals surface area contributed by atoms with Crippen LogP contribution in [0.25, 0.3) is 16.9 Å². The predicted octanol–water partition coefficient (Wildman–Crippen LogP) is 3.97. The van der Waals surface area contributed by atoms with Gasteiger partial charge in [0.1, 0.15) is 23.5 Å². The first kappa shape index (κ1) is 19.9. The standard InChI is InChI=1S/C23H24FN5O/c1-30-20-8-6-19(7-9-20)29-22(17-4-5-18(13-25)21(24)11-17)12-23(28-29)27-15-16-3-2-10-26-14-16/h4-9,11-12,16,26H,2-3,10,14-15H2,1H3,(H,27,28). The van der Waals surface area contributed by atoms with Gasteiger partial charge in [0.05, 0.1) is 24.1 Å². The van der Waals surface area contributed by atoms with Gasteiger partial charge >= 0.3 is 0 Å². The maximum atomic E-state index is 14.3. The van der Waals surface area contributed by atoms with Gasteiger partial charge in [-0.3, -0.25) is 0 Å². The van der Waals surface area contributed by atoms with E-state index in [0.29, 0.717) is 11.5 Å². The molecule has 1 aliphatic rings. The largest absolute Gasteiger partial charge is 0.497 e. The van der Waals surface area contributed by atoms with Crippen molar-refractivity contribution in [2.24, 2.45) is 5.92 Å². The van der Waals surface area contributed by atoms with E-state index in [0.717, 1.165) is 42.6 Å². The Morgan fingerprint density at radius 2 is 2.10 bits per heavy atom. The van der Waals surface area contributed by atoms with E-state index in [4.69, 9.17) is 15.1 Å². The van der Waals surface area contributed by atoms with Crippen LogP contribution < -0.4 is 15.4 Å². The van der Waals surface area contributed by atoms with E-state index >= 15 is 0 Å². The zero-order valence-electron chi connectivity index (χ0n) is 16.9. The summed E-state index contributed by atoms with van der Waals surface area (Å²) in [4.78, 5) is 0. The number of anilines is 1. The number of ether oxygens (including phenoxy) is 1. The molecule has 1 aromatic heterocycles. The van der Waals surface area contributed by atoms with Crippen LogP contribution in [0.5, 0.6) is 5.75 Å². The van der Waals surface area contributed by atoms with Crippen LogP contribution in [0, 0.1) is 23.1 Å². The number of nitrogens with one attached hydrogen (secondary N) is 2. The summed E-state index contributed by atoms with van der Waals surface area (Å²) in [6.07, 6.45) is 2.37. The maximum absolute atomic E-state index is 14.3. The molecule has 2 N–H and O–H groups in total. The number of nitrogens with zero attached hydrogens (tertiary/aromatic N) is 3. The molecule has 30 heavy (non-hydrogen) atoms. The Morgan fingerprint density at radius 3 is 2.77 bits per heavy atom. The van der Waals surface area contributed by atoms with Crippen LogP contribution in [-0.4, -0.2) is 36.5 Å². The van der Waals surface area contributed by atoms with Crippen LogP contribution in [0.3, 0.4) is 0 Å². The molecule has 1 aliphatic heterocycles. The molecule has 3 aromatic rings. The van der Waals surface area contributed by atoms with E-state index in [-0.39, 0.29) is 5.56 Å². The Balaban J connectivity index is 1.67. The molecule has 2 aromatic carbocycles. The highest BCUT2D eigenvalue weighted by molar-refractivity contribution is 5.67. The summed E-state index contributed by atoms with van der Waals surface area (Å²) >= 11 is 0. The first-order valence-corrected chi connectivity index (χ1v) is 10.1. The molecule has 0 aliphatic carbocycles. The summed E-state index contributed by atoms with van der Waals surface area (Å²) in [5, 5.41) is 20.6. The molecule has 0 saturated carbocycles. The second kappa shape index (κ2) is 8.97. The number of aromatic nitrogens is 2. The normalized spacial score (nSPS) is 16.1. The lowest BCUT2D eigenvalue weighted by atomic mass is 10.00. The number of piperidine rings is 1. The van der Waals surface area contributed by atoms with Crippen LogP contribution >= 0.6 is 0 Å². The van der Waals surface area contributed by atoms with Crippen molar-refractivity contribution in [1.29, 1.82) is 5.26 Å². The SMILES string of the molecule is COc1ccc(-n2nc(NCC3CCCNC3)cc2-c2ccc(C#N)c(F)c2)cc1. The average Bonchev–Trinajstić information content (AvgIpc) is 3.23. The van der Waals surface area contributed by atoms with E-state index in [2.05, 4.69) is 10.6 Å². The molecule has 0 bridgehead atoms. The monoisotopic (exact) mass is 405 g/mol. The summed E-state index contributed by atoms with van der Waals surface area (Å²) < 4.78 is 21.3. The van der Waals surface area contributed by atoms with Gasteiger partial charge in [-0.2, -0.15) is 5.26 Å². The quantitative estimate of drug-likeness (QED) is 0.649. The van der Waals surface area contributed by atoms with Gasteiger partial charge in [0.2, 0.25) is 0 Å². The van der Waals surface area contributed by atoms with Crippen molar-refractivity contribution in [3.63, 3.8) is 0 Å². The van der Waals surface area contributed by atoms with Crippen molar-refractivity contribution >= 4 is 5.82 Å². The van der Waals surface area contributed by atoms with Crippen molar-refractivity contribution in [2.45, 2.75) is 12.8 Å². The van der Waals surface area contributed by atoms with Gasteiger partial charge < -0.3 is 15.4 Å². The Labute approximate surface area is 175 Å². The van der Waals surface area contributed by atoms with Gasteiger partial charge in [-0.15, -0.1) is 5.10 Å². The molecular formula is C23H24FN5O. The van der Waals surface area contributed by atoms with Crippen molar-refractivity contribution in [3.05, 3.63) is 59.9 Å². The molecule has 1 fully saturated rings. The number of hydrogen-bond acceptors (Lipinski definition) is 5. The molecular weight excluding hydrogens is 381 g/mol. The van der Waals surface area contributed by atoms with Crippen LogP contribution in [0.1, 0.15) is 18.4 Å². The predicted molar refractivity (Wildman–Crippen MR) is 114 cm³/mol. The number of benzene rings is 2. The number of nitriles is 1. The fraction of sp³-hybridized carbons (Fsp3) is 0.304. The number of hydrogen-bond donors (Lipinski definition) is 2. The zero-order chi connectivity index (χ0) is 20.9. The number of rotatable bonds is 6. The van der Waals surface area contributed by atoms with Gasteiger partial charge in [-0.05, 0) is 68.2 Å². The van der Waals surface area contributed by atoms with E-state index < -0.39 is 5.82 Å². The fourth-order valence-corrected chi connectivity index (χ4v) is 3.71. The van der Waals surface area contributed by atoms with Crippen molar-refractivity contribution in [1.82, 2.24) is 15.1 Å². The summed E-state index contributed by atoms with van der Waals surface area (Å²) in [7, 11) is 1.62. The van der Waals surface area contributed by atoms with Crippen LogP contribution in [0.15, 0.2) is 48.5 Å². The topological polar surface area (TPSA) is 74.9 Å². The van der Waals surface area contributed by atoms with Gasteiger partial charge in [-0.1, -0.05) is 6.07 Å². The summed E-state index contributed by atoms with van der Waals surface area (Å²) in [6.45, 7) is 2.91. The highest BCUT2D eigenvalue weighted by Gasteiger charge is 2.16. The highest BCUT2D eigenvalue weighted by atomic mass is 19.1. The van der Waals surface area contributed by atoms with Crippen molar-refractivity contribution in [3.8, 4) is 28.8 Å². The molecule has 1 atom stereocenters. The second-order valence-corrected chi connectivity index (χ2v) is 7.42. The molecule has 4 rings (SSSR count). The molecule has 6 nitrogen and oxygen atoms in total. The molecule has 0 spiro atoms. The highest BCUT2D eigenvalue weighted by Crippen LogP contribution is 2.28. The smallest absolute Gasteiger partial charge is 0.149 e. The first-order valence-electron chi connectivity index (χ1n) is 10.1.